The average Bonchev–Trinajstić information content (AvgIpc) is 2.84. The maximum Gasteiger partial charge on any atom is 0.213 e. The summed E-state index contributed by atoms with van der Waals surface area (Å²) in [6, 6.07) is 4.11. The molecule has 2 heterocycles. The Bertz CT molecular complexity index is 342. The summed E-state index contributed by atoms with van der Waals surface area (Å²) in [6.07, 6.45) is 7.24. The zero-order valence-electron chi connectivity index (χ0n) is 11.6. The molecule has 1 aromatic heterocycles. The molecule has 1 aliphatic heterocycles. The summed E-state index contributed by atoms with van der Waals surface area (Å²) in [7, 11) is 0. The molecule has 1 fully saturated rings. The van der Waals surface area contributed by atoms with Crippen LogP contribution in [0, 0.1) is 0 Å². The summed E-state index contributed by atoms with van der Waals surface area (Å²) < 4.78 is 5.54. The SMILES string of the molecule is CC(C)Oc1ccc(CCCN2CCCC2)cn1. The number of ether oxygens (including phenoxy) is 1. The highest BCUT2D eigenvalue weighted by atomic mass is 16.5. The van der Waals surface area contributed by atoms with Crippen LogP contribution < -0.4 is 4.74 Å². The Hall–Kier alpha value is -1.09. The number of hydrogen-bond donors (Lipinski definition) is 0. The summed E-state index contributed by atoms with van der Waals surface area (Å²) >= 11 is 0. The summed E-state index contributed by atoms with van der Waals surface area (Å²) in [5, 5.41) is 0. The topological polar surface area (TPSA) is 25.4 Å². The molecule has 0 unspecified atom stereocenters. The maximum atomic E-state index is 5.54. The Labute approximate surface area is 110 Å². The number of aromatic nitrogens is 1. The van der Waals surface area contributed by atoms with Crippen LogP contribution >= 0.6 is 0 Å². The van der Waals surface area contributed by atoms with Crippen LogP contribution in [0.4, 0.5) is 0 Å². The Kier molecular flexibility index (Phi) is 5.00. The van der Waals surface area contributed by atoms with E-state index >= 15 is 0 Å². The molecule has 1 aromatic rings. The minimum Gasteiger partial charge on any atom is -0.475 e. The first-order valence-corrected chi connectivity index (χ1v) is 7.08. The molecule has 0 bridgehead atoms. The van der Waals surface area contributed by atoms with Gasteiger partial charge in [0.2, 0.25) is 5.88 Å². The van der Waals surface area contributed by atoms with E-state index in [0.29, 0.717) is 0 Å². The average molecular weight is 248 g/mol. The van der Waals surface area contributed by atoms with Crippen molar-refractivity contribution in [2.45, 2.75) is 45.6 Å². The molecule has 18 heavy (non-hydrogen) atoms. The van der Waals surface area contributed by atoms with Gasteiger partial charge in [-0.05, 0) is 64.7 Å². The molecule has 0 radical (unpaired) electrons. The fourth-order valence-electron chi connectivity index (χ4n) is 2.38. The van der Waals surface area contributed by atoms with Gasteiger partial charge in [-0.25, -0.2) is 4.98 Å². The van der Waals surface area contributed by atoms with Crippen LogP contribution in [0.3, 0.4) is 0 Å². The van der Waals surface area contributed by atoms with Gasteiger partial charge in [-0.2, -0.15) is 0 Å². The molecule has 0 amide bonds. The van der Waals surface area contributed by atoms with Crippen molar-refractivity contribution in [3.8, 4) is 5.88 Å². The van der Waals surface area contributed by atoms with Crippen LogP contribution in [-0.2, 0) is 6.42 Å². The standard InChI is InChI=1S/C15H24N2O/c1-13(2)18-15-8-7-14(12-16-15)6-5-11-17-9-3-4-10-17/h7-8,12-13H,3-6,9-11H2,1-2H3. The van der Waals surface area contributed by atoms with Gasteiger partial charge in [0.1, 0.15) is 0 Å². The van der Waals surface area contributed by atoms with Gasteiger partial charge in [0, 0.05) is 12.3 Å². The third-order valence-electron chi connectivity index (χ3n) is 3.29. The molecule has 2 rings (SSSR count). The predicted molar refractivity (Wildman–Crippen MR) is 74.0 cm³/mol. The Balaban J connectivity index is 1.72. The van der Waals surface area contributed by atoms with E-state index in [0.717, 1.165) is 12.3 Å². The second-order valence-corrected chi connectivity index (χ2v) is 5.32. The van der Waals surface area contributed by atoms with Gasteiger partial charge in [-0.15, -0.1) is 0 Å². The van der Waals surface area contributed by atoms with Gasteiger partial charge in [0.15, 0.2) is 0 Å². The van der Waals surface area contributed by atoms with Crippen LogP contribution in [0.1, 0.15) is 38.7 Å². The quantitative estimate of drug-likeness (QED) is 0.774. The zero-order chi connectivity index (χ0) is 12.8. The fraction of sp³-hybridized carbons (Fsp3) is 0.667. The molecular weight excluding hydrogens is 224 g/mol. The monoisotopic (exact) mass is 248 g/mol. The fourth-order valence-corrected chi connectivity index (χ4v) is 2.38. The normalized spacial score (nSPS) is 16.4. The van der Waals surface area contributed by atoms with E-state index in [-0.39, 0.29) is 6.10 Å². The molecule has 0 atom stereocenters. The minimum atomic E-state index is 0.193. The van der Waals surface area contributed by atoms with Crippen molar-refractivity contribution in [2.24, 2.45) is 0 Å². The molecule has 0 aromatic carbocycles. The van der Waals surface area contributed by atoms with Gasteiger partial charge < -0.3 is 9.64 Å². The van der Waals surface area contributed by atoms with E-state index in [4.69, 9.17) is 4.74 Å². The molecule has 1 saturated heterocycles. The number of pyridine rings is 1. The molecular formula is C15H24N2O. The van der Waals surface area contributed by atoms with Crippen molar-refractivity contribution < 1.29 is 4.74 Å². The summed E-state index contributed by atoms with van der Waals surface area (Å²) in [5.74, 6) is 0.730. The highest BCUT2D eigenvalue weighted by molar-refractivity contribution is 5.18. The Morgan fingerprint density at radius 3 is 2.67 bits per heavy atom. The first kappa shape index (κ1) is 13.3. The Morgan fingerprint density at radius 2 is 2.06 bits per heavy atom. The largest absolute Gasteiger partial charge is 0.475 e. The Morgan fingerprint density at radius 1 is 1.28 bits per heavy atom. The number of rotatable bonds is 6. The smallest absolute Gasteiger partial charge is 0.213 e. The zero-order valence-corrected chi connectivity index (χ0v) is 11.6. The number of likely N-dealkylation sites (tertiary alicyclic amines) is 1. The second-order valence-electron chi connectivity index (χ2n) is 5.32. The first-order valence-electron chi connectivity index (χ1n) is 7.08. The predicted octanol–water partition coefficient (Wildman–Crippen LogP) is 2.90. The molecule has 0 aliphatic carbocycles. The van der Waals surface area contributed by atoms with E-state index < -0.39 is 0 Å². The van der Waals surface area contributed by atoms with Gasteiger partial charge in [0.25, 0.3) is 0 Å². The van der Waals surface area contributed by atoms with Crippen molar-refractivity contribution >= 4 is 0 Å². The minimum absolute atomic E-state index is 0.193. The summed E-state index contributed by atoms with van der Waals surface area (Å²) in [5.41, 5.74) is 1.31. The van der Waals surface area contributed by atoms with E-state index in [9.17, 15) is 0 Å². The molecule has 3 heteroatoms. The summed E-state index contributed by atoms with van der Waals surface area (Å²) in [4.78, 5) is 6.89. The molecule has 0 spiro atoms. The van der Waals surface area contributed by atoms with Crippen molar-refractivity contribution in [2.75, 3.05) is 19.6 Å². The molecule has 0 saturated carbocycles. The molecule has 100 valence electrons. The van der Waals surface area contributed by atoms with E-state index in [1.807, 2.05) is 26.1 Å². The molecule has 3 nitrogen and oxygen atoms in total. The van der Waals surface area contributed by atoms with Crippen LogP contribution in [0.2, 0.25) is 0 Å². The highest BCUT2D eigenvalue weighted by Crippen LogP contribution is 2.12. The van der Waals surface area contributed by atoms with Crippen molar-refractivity contribution in [1.82, 2.24) is 9.88 Å². The lowest BCUT2D eigenvalue weighted by Crippen LogP contribution is -2.20. The van der Waals surface area contributed by atoms with Crippen LogP contribution in [0.5, 0.6) is 5.88 Å². The lowest BCUT2D eigenvalue weighted by atomic mass is 10.1. The maximum absolute atomic E-state index is 5.54. The highest BCUT2D eigenvalue weighted by Gasteiger charge is 2.10. The van der Waals surface area contributed by atoms with Gasteiger partial charge in [0.05, 0.1) is 6.10 Å². The van der Waals surface area contributed by atoms with Gasteiger partial charge in [-0.3, -0.25) is 0 Å². The van der Waals surface area contributed by atoms with Crippen molar-refractivity contribution in [3.05, 3.63) is 23.9 Å². The number of nitrogens with zero attached hydrogens (tertiary/aromatic N) is 2. The van der Waals surface area contributed by atoms with E-state index in [1.54, 1.807) is 0 Å². The lowest BCUT2D eigenvalue weighted by Gasteiger charge is -2.14. The molecule has 0 N–H and O–H groups in total. The van der Waals surface area contributed by atoms with Gasteiger partial charge >= 0.3 is 0 Å². The van der Waals surface area contributed by atoms with E-state index in [1.165, 1.54) is 44.5 Å². The van der Waals surface area contributed by atoms with Crippen molar-refractivity contribution in [3.63, 3.8) is 0 Å². The third kappa shape index (κ3) is 4.30. The first-order chi connectivity index (χ1) is 8.74. The van der Waals surface area contributed by atoms with Crippen LogP contribution in [0.25, 0.3) is 0 Å². The van der Waals surface area contributed by atoms with Gasteiger partial charge in [-0.1, -0.05) is 6.07 Å². The second kappa shape index (κ2) is 6.74. The van der Waals surface area contributed by atoms with Crippen molar-refractivity contribution in [1.29, 1.82) is 0 Å². The molecule has 1 aliphatic rings. The number of aryl methyl sites for hydroxylation is 1. The third-order valence-corrected chi connectivity index (χ3v) is 3.29. The summed E-state index contributed by atoms with van der Waals surface area (Å²) in [6.45, 7) is 7.85. The van der Waals surface area contributed by atoms with E-state index in [2.05, 4.69) is 16.0 Å². The number of hydrogen-bond acceptors (Lipinski definition) is 3. The van der Waals surface area contributed by atoms with Crippen LogP contribution in [-0.4, -0.2) is 35.6 Å². The lowest BCUT2D eigenvalue weighted by molar-refractivity contribution is 0.232. The van der Waals surface area contributed by atoms with Crippen LogP contribution in [0.15, 0.2) is 18.3 Å².